The van der Waals surface area contributed by atoms with Crippen molar-refractivity contribution in [3.63, 3.8) is 0 Å². The minimum absolute atomic E-state index is 0.0794. The van der Waals surface area contributed by atoms with Crippen LogP contribution in [0.3, 0.4) is 0 Å². The van der Waals surface area contributed by atoms with Crippen LogP contribution in [0.4, 0.5) is 5.82 Å². The predicted molar refractivity (Wildman–Crippen MR) is 48.5 cm³/mol. The molecule has 14 heavy (non-hydrogen) atoms. The molecule has 0 saturated heterocycles. The Morgan fingerprint density at radius 3 is 2.79 bits per heavy atom. The van der Waals surface area contributed by atoms with Gasteiger partial charge in [0, 0.05) is 6.07 Å². The number of furan rings is 1. The maximum Gasteiger partial charge on any atom is 0.169 e. The van der Waals surface area contributed by atoms with E-state index < -0.39 is 0 Å². The zero-order valence-electron chi connectivity index (χ0n) is 7.43. The van der Waals surface area contributed by atoms with Crippen LogP contribution < -0.4 is 5.32 Å². The van der Waals surface area contributed by atoms with Crippen molar-refractivity contribution in [3.8, 4) is 0 Å². The highest BCUT2D eigenvalue weighted by molar-refractivity contribution is 5.31. The summed E-state index contributed by atoms with van der Waals surface area (Å²) in [5.41, 5.74) is 0. The molecule has 2 rings (SSSR count). The fourth-order valence-electron chi connectivity index (χ4n) is 1.08. The van der Waals surface area contributed by atoms with Gasteiger partial charge in [0.1, 0.15) is 24.4 Å². The topological polar surface area (TPSA) is 71.4 Å². The first-order valence-corrected chi connectivity index (χ1v) is 4.21. The standard InChI is InChI=1S/C9H10N2O3/c12-6-8-2-1-7(14-8)5-10-9-3-4-13-11-9/h1-4,12H,5-6H2,(H,10,11). The van der Waals surface area contributed by atoms with Crippen molar-refractivity contribution in [2.45, 2.75) is 13.2 Å². The molecular weight excluding hydrogens is 184 g/mol. The molecule has 5 heteroatoms. The molecule has 0 aliphatic heterocycles. The summed E-state index contributed by atoms with van der Waals surface area (Å²) in [6, 6.07) is 5.26. The van der Waals surface area contributed by atoms with E-state index >= 15 is 0 Å². The van der Waals surface area contributed by atoms with Gasteiger partial charge in [-0.2, -0.15) is 0 Å². The van der Waals surface area contributed by atoms with Crippen molar-refractivity contribution < 1.29 is 14.0 Å². The third kappa shape index (κ3) is 1.94. The molecule has 74 valence electrons. The molecule has 0 spiro atoms. The molecule has 0 fully saturated rings. The summed E-state index contributed by atoms with van der Waals surface area (Å²) in [5, 5.41) is 15.4. The van der Waals surface area contributed by atoms with Crippen molar-refractivity contribution >= 4 is 5.82 Å². The average Bonchev–Trinajstić information content (AvgIpc) is 2.86. The summed E-state index contributed by atoms with van der Waals surface area (Å²) < 4.78 is 9.91. The molecule has 2 aromatic heterocycles. The largest absolute Gasteiger partial charge is 0.462 e. The first kappa shape index (κ1) is 8.83. The third-order valence-corrected chi connectivity index (χ3v) is 1.75. The lowest BCUT2D eigenvalue weighted by Gasteiger charge is -1.97. The maximum atomic E-state index is 8.76. The van der Waals surface area contributed by atoms with E-state index in [0.717, 1.165) is 5.76 Å². The third-order valence-electron chi connectivity index (χ3n) is 1.75. The monoisotopic (exact) mass is 194 g/mol. The number of hydrogen-bond acceptors (Lipinski definition) is 5. The van der Waals surface area contributed by atoms with Gasteiger partial charge in [0.25, 0.3) is 0 Å². The number of hydrogen-bond donors (Lipinski definition) is 2. The van der Waals surface area contributed by atoms with Crippen molar-refractivity contribution in [2.75, 3.05) is 5.32 Å². The van der Waals surface area contributed by atoms with E-state index in [1.54, 1.807) is 18.2 Å². The van der Waals surface area contributed by atoms with E-state index in [1.165, 1.54) is 6.26 Å². The van der Waals surface area contributed by atoms with Crippen LogP contribution in [-0.4, -0.2) is 10.3 Å². The van der Waals surface area contributed by atoms with E-state index in [1.807, 2.05) is 0 Å². The van der Waals surface area contributed by atoms with Crippen LogP contribution >= 0.6 is 0 Å². The van der Waals surface area contributed by atoms with Crippen LogP contribution in [0.15, 0.2) is 33.4 Å². The van der Waals surface area contributed by atoms with Crippen LogP contribution in [0.5, 0.6) is 0 Å². The van der Waals surface area contributed by atoms with Gasteiger partial charge in [-0.25, -0.2) is 0 Å². The number of anilines is 1. The Hall–Kier alpha value is -1.75. The summed E-state index contributed by atoms with van der Waals surface area (Å²) in [5.74, 6) is 1.96. The number of aliphatic hydroxyl groups is 1. The lowest BCUT2D eigenvalue weighted by atomic mass is 10.4. The highest BCUT2D eigenvalue weighted by Crippen LogP contribution is 2.10. The van der Waals surface area contributed by atoms with Crippen LogP contribution in [0, 0.1) is 0 Å². The molecule has 0 aromatic carbocycles. The molecule has 2 aromatic rings. The Morgan fingerprint density at radius 2 is 2.14 bits per heavy atom. The van der Waals surface area contributed by atoms with Crippen molar-refractivity contribution in [2.24, 2.45) is 0 Å². The van der Waals surface area contributed by atoms with Crippen LogP contribution in [0.1, 0.15) is 11.5 Å². The number of rotatable bonds is 4. The van der Waals surface area contributed by atoms with E-state index in [-0.39, 0.29) is 6.61 Å². The first-order chi connectivity index (χ1) is 6.88. The zero-order chi connectivity index (χ0) is 9.80. The molecule has 0 atom stereocenters. The highest BCUT2D eigenvalue weighted by Gasteiger charge is 2.01. The van der Waals surface area contributed by atoms with Gasteiger partial charge in [-0.15, -0.1) is 0 Å². The molecule has 2 heterocycles. The molecule has 0 aliphatic carbocycles. The summed E-state index contributed by atoms with van der Waals surface area (Å²) in [4.78, 5) is 0. The zero-order valence-corrected chi connectivity index (χ0v) is 7.43. The summed E-state index contributed by atoms with van der Waals surface area (Å²) in [6.07, 6.45) is 1.49. The lowest BCUT2D eigenvalue weighted by molar-refractivity contribution is 0.244. The lowest BCUT2D eigenvalue weighted by Crippen LogP contribution is -1.97. The fourth-order valence-corrected chi connectivity index (χ4v) is 1.08. The van der Waals surface area contributed by atoms with Gasteiger partial charge < -0.3 is 19.4 Å². The average molecular weight is 194 g/mol. The van der Waals surface area contributed by atoms with Gasteiger partial charge in [0.2, 0.25) is 0 Å². The number of aliphatic hydroxyl groups excluding tert-OH is 1. The van der Waals surface area contributed by atoms with Crippen LogP contribution in [0.2, 0.25) is 0 Å². The van der Waals surface area contributed by atoms with Crippen molar-refractivity contribution in [1.29, 1.82) is 0 Å². The molecule has 0 unspecified atom stereocenters. The smallest absolute Gasteiger partial charge is 0.169 e. The Kier molecular flexibility index (Phi) is 2.51. The van der Waals surface area contributed by atoms with E-state index in [0.29, 0.717) is 18.1 Å². The summed E-state index contributed by atoms with van der Waals surface area (Å²) in [6.45, 7) is 0.441. The van der Waals surface area contributed by atoms with Gasteiger partial charge >= 0.3 is 0 Å². The fraction of sp³-hybridized carbons (Fsp3) is 0.222. The number of nitrogens with zero attached hydrogens (tertiary/aromatic N) is 1. The Morgan fingerprint density at radius 1 is 1.29 bits per heavy atom. The Bertz CT molecular complexity index is 380. The van der Waals surface area contributed by atoms with Gasteiger partial charge in [-0.1, -0.05) is 5.16 Å². The van der Waals surface area contributed by atoms with E-state index in [4.69, 9.17) is 9.52 Å². The second-order valence-corrected chi connectivity index (χ2v) is 2.76. The van der Waals surface area contributed by atoms with E-state index in [9.17, 15) is 0 Å². The Labute approximate surface area is 80.3 Å². The summed E-state index contributed by atoms with van der Waals surface area (Å²) in [7, 11) is 0. The van der Waals surface area contributed by atoms with Crippen molar-refractivity contribution in [3.05, 3.63) is 36.0 Å². The second-order valence-electron chi connectivity index (χ2n) is 2.76. The van der Waals surface area contributed by atoms with Gasteiger partial charge in [0.15, 0.2) is 5.82 Å². The second kappa shape index (κ2) is 3.97. The minimum atomic E-state index is -0.0794. The molecule has 0 saturated carbocycles. The quantitative estimate of drug-likeness (QED) is 0.769. The van der Waals surface area contributed by atoms with Gasteiger partial charge in [-0.05, 0) is 12.1 Å². The molecule has 0 amide bonds. The van der Waals surface area contributed by atoms with E-state index in [2.05, 4.69) is 15.0 Å². The normalized spacial score (nSPS) is 10.4. The van der Waals surface area contributed by atoms with Gasteiger partial charge in [-0.3, -0.25) is 0 Å². The maximum absolute atomic E-state index is 8.76. The van der Waals surface area contributed by atoms with Crippen LogP contribution in [-0.2, 0) is 13.2 Å². The number of aromatic nitrogens is 1. The SMILES string of the molecule is OCc1ccc(CNc2ccon2)o1. The van der Waals surface area contributed by atoms with Crippen molar-refractivity contribution in [1.82, 2.24) is 5.16 Å². The number of nitrogens with one attached hydrogen (secondary N) is 1. The molecule has 2 N–H and O–H groups in total. The van der Waals surface area contributed by atoms with Crippen LogP contribution in [0.25, 0.3) is 0 Å². The summed E-state index contributed by atoms with van der Waals surface area (Å²) >= 11 is 0. The first-order valence-electron chi connectivity index (χ1n) is 4.21. The highest BCUT2D eigenvalue weighted by atomic mass is 16.5. The molecule has 0 aliphatic rings. The molecule has 0 bridgehead atoms. The predicted octanol–water partition coefficient (Wildman–Crippen LogP) is 1.37. The van der Waals surface area contributed by atoms with Gasteiger partial charge in [0.05, 0.1) is 6.54 Å². The molecule has 0 radical (unpaired) electrons. The molecule has 5 nitrogen and oxygen atoms in total. The Balaban J connectivity index is 1.92. The molecular formula is C9H10N2O3. The minimum Gasteiger partial charge on any atom is -0.462 e.